The molecule has 1 amide bonds. The van der Waals surface area contributed by atoms with Gasteiger partial charge in [-0.25, -0.2) is 4.98 Å². The summed E-state index contributed by atoms with van der Waals surface area (Å²) in [5, 5.41) is 6.54. The van der Waals surface area contributed by atoms with Gasteiger partial charge < -0.3 is 10.6 Å². The molecule has 1 aliphatic rings. The third kappa shape index (κ3) is 3.33. The van der Waals surface area contributed by atoms with E-state index in [4.69, 9.17) is 11.6 Å². The molecule has 2 rings (SSSR count). The molecule has 0 spiro atoms. The number of amides is 1. The third-order valence-electron chi connectivity index (χ3n) is 2.47. The van der Waals surface area contributed by atoms with E-state index in [1.165, 1.54) is 6.20 Å². The van der Waals surface area contributed by atoms with E-state index in [1.54, 1.807) is 6.07 Å². The largest absolute Gasteiger partial charge is 0.382 e. The molecule has 0 unspecified atom stereocenters. The second-order valence-corrected chi connectivity index (χ2v) is 4.99. The minimum atomic E-state index is -0.118. The molecule has 1 aliphatic carbocycles. The van der Waals surface area contributed by atoms with Gasteiger partial charge >= 0.3 is 0 Å². The van der Waals surface area contributed by atoms with Gasteiger partial charge in [-0.3, -0.25) is 4.79 Å². The monoisotopic (exact) mass is 253 g/mol. The highest BCUT2D eigenvalue weighted by molar-refractivity contribution is 6.29. The van der Waals surface area contributed by atoms with Gasteiger partial charge in [0.15, 0.2) is 0 Å². The molecule has 5 heteroatoms. The van der Waals surface area contributed by atoms with Crippen molar-refractivity contribution in [3.05, 3.63) is 23.0 Å². The quantitative estimate of drug-likeness (QED) is 0.811. The van der Waals surface area contributed by atoms with Crippen LogP contribution in [0.4, 0.5) is 5.69 Å². The van der Waals surface area contributed by atoms with Crippen LogP contribution in [-0.4, -0.2) is 23.0 Å². The van der Waals surface area contributed by atoms with Gasteiger partial charge in [-0.05, 0) is 32.8 Å². The number of nitrogens with one attached hydrogen (secondary N) is 2. The maximum atomic E-state index is 12.0. The maximum Gasteiger partial charge on any atom is 0.255 e. The minimum Gasteiger partial charge on any atom is -0.382 e. The summed E-state index contributed by atoms with van der Waals surface area (Å²) in [6.45, 7) is 3.85. The number of carbonyl (C=O) groups excluding carboxylic acids is 1. The molecule has 0 aromatic carbocycles. The summed E-state index contributed by atoms with van der Waals surface area (Å²) in [6.07, 6.45) is 3.81. The number of aromatic nitrogens is 1. The van der Waals surface area contributed by atoms with E-state index >= 15 is 0 Å². The van der Waals surface area contributed by atoms with Crippen LogP contribution in [0.3, 0.4) is 0 Å². The molecule has 4 nitrogen and oxygen atoms in total. The van der Waals surface area contributed by atoms with E-state index in [0.29, 0.717) is 16.8 Å². The predicted octanol–water partition coefficient (Wildman–Crippen LogP) is 2.45. The highest BCUT2D eigenvalue weighted by atomic mass is 35.5. The van der Waals surface area contributed by atoms with Crippen LogP contribution in [0.1, 0.15) is 37.0 Å². The van der Waals surface area contributed by atoms with Crippen LogP contribution >= 0.6 is 11.6 Å². The molecule has 0 aliphatic heterocycles. The Bertz CT molecular complexity index is 430. The molecular formula is C12H16ClN3O. The molecule has 92 valence electrons. The Morgan fingerprint density at radius 2 is 2.24 bits per heavy atom. The number of anilines is 1. The molecule has 1 heterocycles. The zero-order chi connectivity index (χ0) is 12.4. The number of rotatable bonds is 4. The zero-order valence-electron chi connectivity index (χ0n) is 9.96. The lowest BCUT2D eigenvalue weighted by molar-refractivity contribution is 0.0943. The first-order chi connectivity index (χ1) is 8.06. The standard InChI is InChI=1S/C12H16ClN3O/c1-7(2)15-12(17)9-6-14-11(13)5-10(9)16-8-3-4-8/h5-8H,3-4H2,1-2H3,(H,14,16)(H,15,17). The van der Waals surface area contributed by atoms with Gasteiger partial charge in [-0.15, -0.1) is 0 Å². The zero-order valence-corrected chi connectivity index (χ0v) is 10.7. The lowest BCUT2D eigenvalue weighted by Crippen LogP contribution is -2.31. The number of carbonyl (C=O) groups is 1. The first-order valence-electron chi connectivity index (χ1n) is 5.79. The van der Waals surface area contributed by atoms with E-state index in [1.807, 2.05) is 13.8 Å². The van der Waals surface area contributed by atoms with Crippen molar-refractivity contribution < 1.29 is 4.79 Å². The first-order valence-corrected chi connectivity index (χ1v) is 6.17. The summed E-state index contributed by atoms with van der Waals surface area (Å²) in [5.41, 5.74) is 1.32. The number of pyridine rings is 1. The molecule has 1 saturated carbocycles. The SMILES string of the molecule is CC(C)NC(=O)c1cnc(Cl)cc1NC1CC1. The summed E-state index contributed by atoms with van der Waals surface area (Å²) >= 11 is 5.85. The highest BCUT2D eigenvalue weighted by Crippen LogP contribution is 2.27. The molecule has 0 saturated heterocycles. The minimum absolute atomic E-state index is 0.104. The van der Waals surface area contributed by atoms with Crippen molar-refractivity contribution in [3.8, 4) is 0 Å². The van der Waals surface area contributed by atoms with E-state index in [-0.39, 0.29) is 11.9 Å². The molecule has 1 fully saturated rings. The summed E-state index contributed by atoms with van der Waals surface area (Å²) in [6, 6.07) is 2.28. The molecule has 17 heavy (non-hydrogen) atoms. The van der Waals surface area contributed by atoms with Crippen molar-refractivity contribution in [2.75, 3.05) is 5.32 Å². The Hall–Kier alpha value is -1.29. The first kappa shape index (κ1) is 12.2. The maximum absolute atomic E-state index is 12.0. The van der Waals surface area contributed by atoms with Crippen molar-refractivity contribution in [2.24, 2.45) is 0 Å². The fraction of sp³-hybridized carbons (Fsp3) is 0.500. The normalized spacial score (nSPS) is 14.8. The van der Waals surface area contributed by atoms with Crippen LogP contribution < -0.4 is 10.6 Å². The summed E-state index contributed by atoms with van der Waals surface area (Å²) in [5.74, 6) is -0.118. The van der Waals surface area contributed by atoms with Gasteiger partial charge in [0.1, 0.15) is 5.15 Å². The molecule has 1 aromatic heterocycles. The fourth-order valence-electron chi connectivity index (χ4n) is 1.52. The number of hydrogen-bond acceptors (Lipinski definition) is 3. The van der Waals surface area contributed by atoms with Gasteiger partial charge in [0.25, 0.3) is 5.91 Å². The summed E-state index contributed by atoms with van der Waals surface area (Å²) < 4.78 is 0. The van der Waals surface area contributed by atoms with Crippen molar-refractivity contribution in [1.82, 2.24) is 10.3 Å². The van der Waals surface area contributed by atoms with Gasteiger partial charge in [-0.2, -0.15) is 0 Å². The summed E-state index contributed by atoms with van der Waals surface area (Å²) in [4.78, 5) is 15.9. The predicted molar refractivity (Wildman–Crippen MR) is 68.5 cm³/mol. The van der Waals surface area contributed by atoms with Gasteiger partial charge in [0.05, 0.1) is 11.3 Å². The van der Waals surface area contributed by atoms with Gasteiger partial charge in [0, 0.05) is 18.3 Å². The average molecular weight is 254 g/mol. The molecule has 0 atom stereocenters. The Balaban J connectivity index is 2.21. The van der Waals surface area contributed by atoms with Gasteiger partial charge in [0.2, 0.25) is 0 Å². The van der Waals surface area contributed by atoms with Gasteiger partial charge in [-0.1, -0.05) is 11.6 Å². The summed E-state index contributed by atoms with van der Waals surface area (Å²) in [7, 11) is 0. The number of nitrogens with zero attached hydrogens (tertiary/aromatic N) is 1. The van der Waals surface area contributed by atoms with E-state index in [0.717, 1.165) is 18.5 Å². The highest BCUT2D eigenvalue weighted by Gasteiger charge is 2.23. The van der Waals surface area contributed by atoms with E-state index < -0.39 is 0 Å². The van der Waals surface area contributed by atoms with Crippen LogP contribution in [-0.2, 0) is 0 Å². The second kappa shape index (κ2) is 4.92. The van der Waals surface area contributed by atoms with Crippen molar-refractivity contribution in [3.63, 3.8) is 0 Å². The van der Waals surface area contributed by atoms with Crippen LogP contribution in [0.25, 0.3) is 0 Å². The van der Waals surface area contributed by atoms with Crippen molar-refractivity contribution in [2.45, 2.75) is 38.8 Å². The topological polar surface area (TPSA) is 54.0 Å². The molecular weight excluding hydrogens is 238 g/mol. The fourth-order valence-corrected chi connectivity index (χ4v) is 1.68. The van der Waals surface area contributed by atoms with Crippen LogP contribution in [0.15, 0.2) is 12.3 Å². The second-order valence-electron chi connectivity index (χ2n) is 4.60. The Labute approximate surface area is 106 Å². The smallest absolute Gasteiger partial charge is 0.255 e. The molecule has 0 bridgehead atoms. The molecule has 0 radical (unpaired) electrons. The van der Waals surface area contributed by atoms with Crippen molar-refractivity contribution in [1.29, 1.82) is 0 Å². The van der Waals surface area contributed by atoms with Crippen LogP contribution in [0.5, 0.6) is 0 Å². The Morgan fingerprint density at radius 1 is 1.53 bits per heavy atom. The van der Waals surface area contributed by atoms with Crippen LogP contribution in [0, 0.1) is 0 Å². The Kier molecular flexibility index (Phi) is 3.52. The molecule has 2 N–H and O–H groups in total. The average Bonchev–Trinajstić information content (AvgIpc) is 3.00. The van der Waals surface area contributed by atoms with Crippen LogP contribution in [0.2, 0.25) is 5.15 Å². The lowest BCUT2D eigenvalue weighted by atomic mass is 10.2. The lowest BCUT2D eigenvalue weighted by Gasteiger charge is -2.13. The Morgan fingerprint density at radius 3 is 2.82 bits per heavy atom. The van der Waals surface area contributed by atoms with E-state index in [2.05, 4.69) is 15.6 Å². The van der Waals surface area contributed by atoms with Crippen molar-refractivity contribution >= 4 is 23.2 Å². The van der Waals surface area contributed by atoms with E-state index in [9.17, 15) is 4.79 Å². The molecule has 1 aromatic rings. The number of halogens is 1. The third-order valence-corrected chi connectivity index (χ3v) is 2.68. The number of hydrogen-bond donors (Lipinski definition) is 2.